The summed E-state index contributed by atoms with van der Waals surface area (Å²) < 4.78 is 5.02. The van der Waals surface area contributed by atoms with E-state index in [4.69, 9.17) is 9.84 Å². The van der Waals surface area contributed by atoms with Crippen molar-refractivity contribution in [3.63, 3.8) is 0 Å². The summed E-state index contributed by atoms with van der Waals surface area (Å²) in [6.45, 7) is 0. The predicted octanol–water partition coefficient (Wildman–Crippen LogP) is 1.53. The molecule has 1 aliphatic carbocycles. The van der Waals surface area contributed by atoms with Gasteiger partial charge in [0.1, 0.15) is 0 Å². The van der Waals surface area contributed by atoms with E-state index in [2.05, 4.69) is 10.3 Å². The van der Waals surface area contributed by atoms with Crippen LogP contribution in [0.1, 0.15) is 6.42 Å². The van der Waals surface area contributed by atoms with Gasteiger partial charge in [-0.25, -0.2) is 4.98 Å². The van der Waals surface area contributed by atoms with E-state index in [1.54, 1.807) is 25.4 Å². The lowest BCUT2D eigenvalue weighted by Gasteiger charge is -2.13. The Labute approximate surface area is 99.1 Å². The van der Waals surface area contributed by atoms with Crippen molar-refractivity contribution in [3.05, 3.63) is 30.5 Å². The fourth-order valence-electron chi connectivity index (χ4n) is 1.81. The van der Waals surface area contributed by atoms with E-state index in [9.17, 15) is 4.79 Å². The van der Waals surface area contributed by atoms with Gasteiger partial charge >= 0.3 is 5.97 Å². The Bertz CT molecular complexity index is 445. The van der Waals surface area contributed by atoms with Crippen LogP contribution < -0.4 is 10.1 Å². The monoisotopic (exact) mass is 234 g/mol. The van der Waals surface area contributed by atoms with Crippen molar-refractivity contribution in [1.82, 2.24) is 4.98 Å². The summed E-state index contributed by atoms with van der Waals surface area (Å²) in [5.74, 6) is -0.638. The molecule has 0 amide bonds. The smallest absolute Gasteiger partial charge is 0.310 e. The number of nitrogens with one attached hydrogen (secondary N) is 1. The minimum atomic E-state index is -0.780. The summed E-state index contributed by atoms with van der Waals surface area (Å²) >= 11 is 0. The molecule has 0 spiro atoms. The number of hydrogen-bond donors (Lipinski definition) is 2. The second-order valence-electron chi connectivity index (χ2n) is 3.90. The van der Waals surface area contributed by atoms with Crippen molar-refractivity contribution in [1.29, 1.82) is 0 Å². The molecule has 5 nitrogen and oxygen atoms in total. The van der Waals surface area contributed by atoms with E-state index in [-0.39, 0.29) is 6.04 Å². The van der Waals surface area contributed by atoms with Crippen LogP contribution in [0.15, 0.2) is 30.5 Å². The van der Waals surface area contributed by atoms with E-state index in [1.165, 1.54) is 0 Å². The third-order valence-corrected chi connectivity index (χ3v) is 2.70. The molecule has 1 heterocycles. The van der Waals surface area contributed by atoms with Crippen molar-refractivity contribution in [3.8, 4) is 5.88 Å². The van der Waals surface area contributed by atoms with Crippen molar-refractivity contribution in [2.75, 3.05) is 12.4 Å². The molecule has 0 aromatic carbocycles. The van der Waals surface area contributed by atoms with Gasteiger partial charge in [-0.1, -0.05) is 12.2 Å². The van der Waals surface area contributed by atoms with Crippen LogP contribution in [0.5, 0.6) is 5.88 Å². The van der Waals surface area contributed by atoms with Crippen LogP contribution in [0, 0.1) is 5.92 Å². The molecular weight excluding hydrogens is 220 g/mol. The van der Waals surface area contributed by atoms with Gasteiger partial charge in [-0.05, 0) is 12.5 Å². The van der Waals surface area contributed by atoms with E-state index < -0.39 is 11.9 Å². The van der Waals surface area contributed by atoms with Crippen LogP contribution in [-0.2, 0) is 4.79 Å². The molecule has 0 radical (unpaired) electrons. The standard InChI is InChI=1S/C12H14N2O3/c1-17-11-7-10(4-5-13-11)14-9-3-2-8(6-9)12(15)16/h2-5,7-9H,6H2,1H3,(H,13,14)(H,15,16). The van der Waals surface area contributed by atoms with Crippen molar-refractivity contribution in [2.24, 2.45) is 5.92 Å². The lowest BCUT2D eigenvalue weighted by Crippen LogP contribution is -2.18. The Hall–Kier alpha value is -2.04. The van der Waals surface area contributed by atoms with E-state index in [0.717, 1.165) is 5.69 Å². The van der Waals surface area contributed by atoms with Gasteiger partial charge in [-0.2, -0.15) is 0 Å². The maximum Gasteiger partial charge on any atom is 0.310 e. The molecule has 1 aromatic rings. The quantitative estimate of drug-likeness (QED) is 0.773. The highest BCUT2D eigenvalue weighted by atomic mass is 16.5. The van der Waals surface area contributed by atoms with Crippen LogP contribution >= 0.6 is 0 Å². The van der Waals surface area contributed by atoms with Crippen molar-refractivity contribution >= 4 is 11.7 Å². The molecule has 17 heavy (non-hydrogen) atoms. The Morgan fingerprint density at radius 1 is 1.59 bits per heavy atom. The van der Waals surface area contributed by atoms with Gasteiger partial charge in [0.2, 0.25) is 5.88 Å². The summed E-state index contributed by atoms with van der Waals surface area (Å²) in [5, 5.41) is 12.1. The van der Waals surface area contributed by atoms with Crippen LogP contribution in [0.4, 0.5) is 5.69 Å². The van der Waals surface area contributed by atoms with Crippen LogP contribution in [0.3, 0.4) is 0 Å². The van der Waals surface area contributed by atoms with Crippen LogP contribution in [0.2, 0.25) is 0 Å². The normalized spacial score (nSPS) is 22.4. The molecule has 0 saturated carbocycles. The summed E-state index contributed by atoms with van der Waals surface area (Å²) in [6.07, 6.45) is 5.82. The highest BCUT2D eigenvalue weighted by Crippen LogP contribution is 2.22. The fraction of sp³-hybridized carbons (Fsp3) is 0.333. The third-order valence-electron chi connectivity index (χ3n) is 2.70. The molecule has 0 aliphatic heterocycles. The summed E-state index contributed by atoms with van der Waals surface area (Å²) in [4.78, 5) is 14.8. The molecule has 5 heteroatoms. The highest BCUT2D eigenvalue weighted by Gasteiger charge is 2.24. The number of methoxy groups -OCH3 is 1. The molecule has 0 saturated heterocycles. The Morgan fingerprint density at radius 2 is 2.41 bits per heavy atom. The predicted molar refractivity (Wildman–Crippen MR) is 63.1 cm³/mol. The lowest BCUT2D eigenvalue weighted by atomic mass is 10.1. The number of hydrogen-bond acceptors (Lipinski definition) is 4. The van der Waals surface area contributed by atoms with E-state index in [1.807, 2.05) is 12.1 Å². The Morgan fingerprint density at radius 3 is 3.06 bits per heavy atom. The molecule has 90 valence electrons. The first kappa shape index (κ1) is 11.4. The zero-order chi connectivity index (χ0) is 12.3. The Balaban J connectivity index is 1.98. The average Bonchev–Trinajstić information content (AvgIpc) is 2.78. The first-order valence-electron chi connectivity index (χ1n) is 5.37. The topological polar surface area (TPSA) is 71.5 Å². The largest absolute Gasteiger partial charge is 0.481 e. The second kappa shape index (κ2) is 4.86. The van der Waals surface area contributed by atoms with Gasteiger partial charge in [0, 0.05) is 24.0 Å². The third kappa shape index (κ3) is 2.75. The molecule has 2 N–H and O–H groups in total. The lowest BCUT2D eigenvalue weighted by molar-refractivity contribution is -0.140. The fourth-order valence-corrected chi connectivity index (χ4v) is 1.81. The van der Waals surface area contributed by atoms with Crippen molar-refractivity contribution < 1.29 is 14.6 Å². The van der Waals surface area contributed by atoms with Crippen LogP contribution in [-0.4, -0.2) is 29.2 Å². The number of nitrogens with zero attached hydrogens (tertiary/aromatic N) is 1. The number of carboxylic acids is 1. The van der Waals surface area contributed by atoms with E-state index in [0.29, 0.717) is 12.3 Å². The molecule has 0 fully saturated rings. The number of rotatable bonds is 4. The summed E-state index contributed by atoms with van der Waals surface area (Å²) in [5.41, 5.74) is 0.873. The number of ether oxygens (including phenoxy) is 1. The first-order valence-corrected chi connectivity index (χ1v) is 5.37. The number of aliphatic carboxylic acids is 1. The molecule has 1 aromatic heterocycles. The van der Waals surface area contributed by atoms with Gasteiger partial charge < -0.3 is 15.2 Å². The highest BCUT2D eigenvalue weighted by molar-refractivity contribution is 5.73. The van der Waals surface area contributed by atoms with Gasteiger partial charge in [0.05, 0.1) is 13.0 Å². The van der Waals surface area contributed by atoms with Crippen LogP contribution in [0.25, 0.3) is 0 Å². The number of aromatic nitrogens is 1. The van der Waals surface area contributed by atoms with E-state index >= 15 is 0 Å². The molecule has 0 bridgehead atoms. The SMILES string of the molecule is COc1cc(NC2C=CC(C(=O)O)C2)ccn1. The van der Waals surface area contributed by atoms with Gasteiger partial charge in [-0.15, -0.1) is 0 Å². The minimum absolute atomic E-state index is 0.0446. The van der Waals surface area contributed by atoms with Gasteiger partial charge in [-0.3, -0.25) is 4.79 Å². The molecule has 2 atom stereocenters. The molecular formula is C12H14N2O3. The number of carboxylic acid groups (broad SMARTS) is 1. The molecule has 2 rings (SSSR count). The van der Waals surface area contributed by atoms with Gasteiger partial charge in [0.25, 0.3) is 0 Å². The second-order valence-corrected chi connectivity index (χ2v) is 3.90. The summed E-state index contributed by atoms with van der Waals surface area (Å²) in [7, 11) is 1.56. The first-order chi connectivity index (χ1) is 8.19. The average molecular weight is 234 g/mol. The zero-order valence-electron chi connectivity index (χ0n) is 9.46. The molecule has 1 aliphatic rings. The minimum Gasteiger partial charge on any atom is -0.481 e. The van der Waals surface area contributed by atoms with Crippen molar-refractivity contribution in [2.45, 2.75) is 12.5 Å². The number of pyridine rings is 1. The number of carbonyl (C=O) groups is 1. The summed E-state index contributed by atoms with van der Waals surface area (Å²) in [6, 6.07) is 3.65. The maximum atomic E-state index is 10.8. The Kier molecular flexibility index (Phi) is 3.27. The van der Waals surface area contributed by atoms with Gasteiger partial charge in [0.15, 0.2) is 0 Å². The zero-order valence-corrected chi connectivity index (χ0v) is 9.46. The number of anilines is 1. The maximum absolute atomic E-state index is 10.8. The molecule has 2 unspecified atom stereocenters.